The number of anilines is 2. The van der Waals surface area contributed by atoms with Gasteiger partial charge in [0.05, 0.1) is 10.8 Å². The van der Waals surface area contributed by atoms with Crippen molar-refractivity contribution in [2.45, 2.75) is 65.2 Å². The number of ether oxygens (including phenoxy) is 1. The van der Waals surface area contributed by atoms with E-state index >= 15 is 0 Å². The molecule has 0 saturated carbocycles. The first-order chi connectivity index (χ1) is 23.7. The van der Waals surface area contributed by atoms with E-state index in [4.69, 9.17) is 4.74 Å². The number of rotatable bonds is 14. The largest absolute Gasteiger partial charge is 0.457 e. The second-order valence-corrected chi connectivity index (χ2v) is 15.8. The quantitative estimate of drug-likeness (QED) is 0.162. The molecule has 0 aromatic heterocycles. The van der Waals surface area contributed by atoms with Gasteiger partial charge in [0.1, 0.15) is 11.5 Å². The van der Waals surface area contributed by atoms with E-state index in [2.05, 4.69) is 47.3 Å². The summed E-state index contributed by atoms with van der Waals surface area (Å²) in [5.74, 6) is 13.1. The molecule has 49 heavy (non-hydrogen) atoms. The predicted molar refractivity (Wildman–Crippen MR) is 200 cm³/mol. The number of nitrogens with zero attached hydrogens (tertiary/aromatic N) is 4. The van der Waals surface area contributed by atoms with E-state index in [1.807, 2.05) is 48.5 Å². The minimum absolute atomic E-state index is 0.414. The van der Waals surface area contributed by atoms with Crippen LogP contribution >= 0.6 is 0 Å². The number of piperazine rings is 2. The van der Waals surface area contributed by atoms with Crippen molar-refractivity contribution in [1.82, 2.24) is 8.61 Å². The average Bonchev–Trinajstić information content (AvgIpc) is 3.11. The van der Waals surface area contributed by atoms with Crippen molar-refractivity contribution in [2.24, 2.45) is 0 Å². The van der Waals surface area contributed by atoms with Gasteiger partial charge in [-0.05, 0) is 61.4 Å². The minimum Gasteiger partial charge on any atom is -0.457 e. The van der Waals surface area contributed by atoms with Crippen molar-refractivity contribution in [1.29, 1.82) is 0 Å². The van der Waals surface area contributed by atoms with E-state index in [9.17, 15) is 16.8 Å². The molecule has 0 radical (unpaired) electrons. The normalized spacial score (nSPS) is 16.4. The average molecular weight is 707 g/mol. The molecule has 9 nitrogen and oxygen atoms in total. The Bertz CT molecular complexity index is 1590. The van der Waals surface area contributed by atoms with Crippen LogP contribution in [0, 0.1) is 23.7 Å². The molecule has 2 saturated heterocycles. The Kier molecular flexibility index (Phi) is 15.1. The Hall–Kier alpha value is -3.74. The Balaban J connectivity index is 1.21. The molecule has 0 atom stereocenters. The lowest BCUT2D eigenvalue weighted by molar-refractivity contribution is 0.389. The number of allylic oxidation sites excluding steroid dienone is 2. The predicted octanol–water partition coefficient (Wildman–Crippen LogP) is 6.58. The topological polar surface area (TPSA) is 90.5 Å². The van der Waals surface area contributed by atoms with E-state index in [1.165, 1.54) is 31.6 Å². The van der Waals surface area contributed by atoms with Gasteiger partial charge in [-0.15, -0.1) is 0 Å². The molecule has 2 aliphatic heterocycles. The lowest BCUT2D eigenvalue weighted by atomic mass is 10.2. The van der Waals surface area contributed by atoms with Crippen molar-refractivity contribution < 1.29 is 21.6 Å². The van der Waals surface area contributed by atoms with Crippen molar-refractivity contribution >= 4 is 31.4 Å². The Morgan fingerprint density at radius 1 is 0.571 bits per heavy atom. The van der Waals surface area contributed by atoms with Crippen LogP contribution in [0.4, 0.5) is 11.4 Å². The second kappa shape index (κ2) is 19.4. The highest BCUT2D eigenvalue weighted by Crippen LogP contribution is 2.28. The van der Waals surface area contributed by atoms with Crippen LogP contribution in [-0.4, -0.2) is 77.8 Å². The summed E-state index contributed by atoms with van der Waals surface area (Å²) in [6, 6.07) is 15.6. The molecule has 11 heteroatoms. The molecule has 0 amide bonds. The van der Waals surface area contributed by atoms with E-state index in [1.54, 1.807) is 0 Å². The summed E-state index contributed by atoms with van der Waals surface area (Å²) in [5.41, 5.74) is 2.03. The summed E-state index contributed by atoms with van der Waals surface area (Å²) < 4.78 is 60.0. The van der Waals surface area contributed by atoms with Gasteiger partial charge >= 0.3 is 0 Å². The van der Waals surface area contributed by atoms with Gasteiger partial charge in [-0.3, -0.25) is 0 Å². The van der Waals surface area contributed by atoms with Crippen molar-refractivity contribution in [3.63, 3.8) is 0 Å². The first kappa shape index (κ1) is 38.1. The van der Waals surface area contributed by atoms with E-state index in [0.29, 0.717) is 63.9 Å². The maximum atomic E-state index is 12.7. The van der Waals surface area contributed by atoms with Gasteiger partial charge in [-0.2, -0.15) is 8.61 Å². The summed E-state index contributed by atoms with van der Waals surface area (Å²) in [7, 11) is -6.97. The first-order valence-corrected chi connectivity index (χ1v) is 20.4. The second-order valence-electron chi connectivity index (χ2n) is 12.1. The molecule has 2 fully saturated rings. The molecule has 0 N–H and O–H groups in total. The number of hydrogen-bond donors (Lipinski definition) is 0. The van der Waals surface area contributed by atoms with Gasteiger partial charge in [0.2, 0.25) is 20.0 Å². The van der Waals surface area contributed by atoms with Crippen LogP contribution in [0.1, 0.15) is 65.2 Å². The third-order valence-electron chi connectivity index (χ3n) is 8.50. The summed E-state index contributed by atoms with van der Waals surface area (Å²) in [6.07, 6.45) is 11.1. The summed E-state index contributed by atoms with van der Waals surface area (Å²) in [4.78, 5) is 4.35. The van der Waals surface area contributed by atoms with Crippen LogP contribution in [0.15, 0.2) is 71.5 Å². The van der Waals surface area contributed by atoms with Crippen LogP contribution in [0.5, 0.6) is 11.5 Å². The van der Waals surface area contributed by atoms with Gasteiger partial charge in [0, 0.05) is 88.7 Å². The maximum Gasteiger partial charge on any atom is 0.236 e. The molecule has 2 heterocycles. The molecule has 2 aromatic carbocycles. The highest BCUT2D eigenvalue weighted by atomic mass is 32.2. The van der Waals surface area contributed by atoms with Gasteiger partial charge in [-0.25, -0.2) is 16.8 Å². The Morgan fingerprint density at radius 3 is 1.29 bits per heavy atom. The number of sulfonamides is 2. The van der Waals surface area contributed by atoms with Crippen molar-refractivity contribution in [3.8, 4) is 35.2 Å². The molecule has 4 rings (SSSR count). The van der Waals surface area contributed by atoms with Crippen molar-refractivity contribution in [3.05, 3.63) is 71.5 Å². The summed E-state index contributed by atoms with van der Waals surface area (Å²) in [5, 5.41) is 2.43. The number of hydrogen-bond acceptors (Lipinski definition) is 7. The highest BCUT2D eigenvalue weighted by Gasteiger charge is 2.26. The fourth-order valence-corrected chi connectivity index (χ4v) is 7.76. The molecule has 264 valence electrons. The van der Waals surface area contributed by atoms with Crippen LogP contribution in [0.3, 0.4) is 0 Å². The summed E-state index contributed by atoms with van der Waals surface area (Å²) >= 11 is 0. The molecule has 0 aliphatic carbocycles. The van der Waals surface area contributed by atoms with E-state index < -0.39 is 20.0 Å². The third kappa shape index (κ3) is 12.3. The van der Waals surface area contributed by atoms with Crippen LogP contribution in [0.25, 0.3) is 0 Å². The van der Waals surface area contributed by atoms with Crippen LogP contribution in [-0.2, 0) is 20.0 Å². The van der Waals surface area contributed by atoms with Gasteiger partial charge in [-0.1, -0.05) is 63.2 Å². The van der Waals surface area contributed by atoms with Crippen LogP contribution < -0.4 is 14.5 Å². The molecule has 0 spiro atoms. The minimum atomic E-state index is -3.49. The van der Waals surface area contributed by atoms with Gasteiger partial charge < -0.3 is 14.5 Å². The molecule has 0 unspecified atom stereocenters. The molecule has 2 aliphatic rings. The molecule has 2 aromatic rings. The number of benzene rings is 2. The van der Waals surface area contributed by atoms with E-state index in [-0.39, 0.29) is 0 Å². The smallest absolute Gasteiger partial charge is 0.236 e. The zero-order valence-electron chi connectivity index (χ0n) is 28.9. The number of unbranched alkanes of at least 4 members (excludes halogenated alkanes) is 6. The third-order valence-corrected chi connectivity index (χ3v) is 11.6. The van der Waals surface area contributed by atoms with Gasteiger partial charge in [0.15, 0.2) is 0 Å². The monoisotopic (exact) mass is 706 g/mol. The Morgan fingerprint density at radius 2 is 0.939 bits per heavy atom. The van der Waals surface area contributed by atoms with Crippen LogP contribution in [0.2, 0.25) is 0 Å². The first-order valence-electron chi connectivity index (χ1n) is 17.4. The fraction of sp³-hybridized carbons (Fsp3) is 0.474. The SMILES string of the molecule is CCCCCC#CC=CS(=O)(=O)N1CCN(c2ccc(Oc3ccc(N4CCN(S(=O)(=O)C=CC#CCCCCC)CC4)cc3)cc2)CC1. The zero-order chi connectivity index (χ0) is 35.0. The van der Waals surface area contributed by atoms with E-state index in [0.717, 1.165) is 62.7 Å². The standard InChI is InChI=1S/C38H50N4O5S2/c1-3-5-7-9-11-13-15-33-48(43,44)41-29-25-39(26-30-41)35-17-21-37(22-18-35)47-38-23-19-36(20-24-38)40-27-31-42(32-28-40)49(45,46)34-16-14-12-10-8-6-4-2/h15-24,33-34H,3-10,25-32H2,1-2H3. The lowest BCUT2D eigenvalue weighted by Gasteiger charge is -2.35. The molecule has 0 bridgehead atoms. The van der Waals surface area contributed by atoms with Gasteiger partial charge in [0.25, 0.3) is 0 Å². The fourth-order valence-electron chi connectivity index (χ4n) is 5.59. The maximum absolute atomic E-state index is 12.7. The zero-order valence-corrected chi connectivity index (χ0v) is 30.5. The highest BCUT2D eigenvalue weighted by molar-refractivity contribution is 7.92. The summed E-state index contributed by atoms with van der Waals surface area (Å²) in [6.45, 7) is 8.34. The lowest BCUT2D eigenvalue weighted by Crippen LogP contribution is -2.48. The molecular formula is C38H50N4O5S2. The molecular weight excluding hydrogens is 657 g/mol. The Labute approximate surface area is 294 Å². The van der Waals surface area contributed by atoms with Crippen molar-refractivity contribution in [2.75, 3.05) is 62.2 Å².